The number of aryl methyl sites for hydroxylation is 1. The molecule has 4 heteroatoms. The number of aromatic hydroxyl groups is 1. The lowest BCUT2D eigenvalue weighted by Gasteiger charge is -2.11. The number of anilines is 1. The molecular weight excluding hydrogens is 348 g/mol. The quantitative estimate of drug-likeness (QED) is 0.624. The summed E-state index contributed by atoms with van der Waals surface area (Å²) in [4.78, 5) is 14.7. The maximum Gasteiger partial charge on any atom is 0.255 e. The molecule has 3 rings (SSSR count). The van der Waals surface area contributed by atoms with E-state index < -0.39 is 0 Å². The molecule has 1 amide bonds. The Morgan fingerprint density at radius 2 is 1.61 bits per heavy atom. The Morgan fingerprint density at radius 3 is 2.29 bits per heavy atom. The van der Waals surface area contributed by atoms with Crippen LogP contribution in [-0.4, -0.2) is 36.6 Å². The normalized spacial score (nSPS) is 10.8. The summed E-state index contributed by atoms with van der Waals surface area (Å²) in [6.07, 6.45) is 1.66. The van der Waals surface area contributed by atoms with Gasteiger partial charge in [0.1, 0.15) is 5.75 Å². The van der Waals surface area contributed by atoms with E-state index in [2.05, 4.69) is 22.3 Å². The molecule has 3 aromatic carbocycles. The van der Waals surface area contributed by atoms with Crippen molar-refractivity contribution in [2.75, 3.05) is 26.0 Å². The van der Waals surface area contributed by atoms with Crippen LogP contribution in [0.3, 0.4) is 0 Å². The molecule has 3 aromatic rings. The molecule has 0 spiro atoms. The van der Waals surface area contributed by atoms with Crippen LogP contribution in [-0.2, 0) is 6.42 Å². The number of phenols is 1. The molecule has 0 saturated heterocycles. The van der Waals surface area contributed by atoms with Crippen molar-refractivity contribution in [3.63, 3.8) is 0 Å². The molecule has 2 N–H and O–H groups in total. The van der Waals surface area contributed by atoms with Gasteiger partial charge in [0, 0.05) is 11.3 Å². The van der Waals surface area contributed by atoms with Crippen molar-refractivity contribution in [3.8, 4) is 16.9 Å². The maximum atomic E-state index is 12.6. The molecule has 0 aromatic heterocycles. The Kier molecular flexibility index (Phi) is 6.45. The van der Waals surface area contributed by atoms with Crippen molar-refractivity contribution in [1.82, 2.24) is 4.90 Å². The van der Waals surface area contributed by atoms with Crippen LogP contribution in [0.1, 0.15) is 22.3 Å². The molecule has 0 heterocycles. The Labute approximate surface area is 166 Å². The Morgan fingerprint density at radius 1 is 0.929 bits per heavy atom. The Hall–Kier alpha value is -3.11. The maximum absolute atomic E-state index is 12.6. The number of phenolic OH excluding ortho intramolecular Hbond substituents is 1. The summed E-state index contributed by atoms with van der Waals surface area (Å²) in [6.45, 7) is 0.934. The molecule has 0 unspecified atom stereocenters. The number of carbonyl (C=O) groups excluding carboxylic acids is 1. The van der Waals surface area contributed by atoms with Gasteiger partial charge in [-0.15, -0.1) is 0 Å². The first kappa shape index (κ1) is 19.6. The summed E-state index contributed by atoms with van der Waals surface area (Å²) < 4.78 is 0. The van der Waals surface area contributed by atoms with Gasteiger partial charge >= 0.3 is 0 Å². The minimum Gasteiger partial charge on any atom is -0.508 e. The molecule has 0 aliphatic carbocycles. The van der Waals surface area contributed by atoms with Crippen LogP contribution in [0.2, 0.25) is 0 Å². The molecule has 0 radical (unpaired) electrons. The number of benzene rings is 3. The van der Waals surface area contributed by atoms with Gasteiger partial charge in [-0.25, -0.2) is 0 Å². The lowest BCUT2D eigenvalue weighted by molar-refractivity contribution is 0.102. The van der Waals surface area contributed by atoms with Gasteiger partial charge in [-0.2, -0.15) is 0 Å². The van der Waals surface area contributed by atoms with Crippen LogP contribution in [0, 0.1) is 0 Å². The summed E-state index contributed by atoms with van der Waals surface area (Å²) in [7, 11) is 4.04. The van der Waals surface area contributed by atoms with Crippen LogP contribution in [0.25, 0.3) is 11.1 Å². The van der Waals surface area contributed by atoms with Crippen molar-refractivity contribution < 1.29 is 9.90 Å². The average molecular weight is 374 g/mol. The summed E-state index contributed by atoms with van der Waals surface area (Å²) in [6, 6.07) is 22.9. The molecule has 0 atom stereocenters. The van der Waals surface area contributed by atoms with Crippen molar-refractivity contribution in [3.05, 3.63) is 83.9 Å². The smallest absolute Gasteiger partial charge is 0.255 e. The van der Waals surface area contributed by atoms with Crippen molar-refractivity contribution in [2.45, 2.75) is 12.8 Å². The average Bonchev–Trinajstić information content (AvgIpc) is 2.70. The number of nitrogens with one attached hydrogen (secondary N) is 1. The molecule has 0 bridgehead atoms. The third-order valence-corrected chi connectivity index (χ3v) is 4.64. The number of hydrogen-bond donors (Lipinski definition) is 2. The first-order valence-electron chi connectivity index (χ1n) is 9.46. The van der Waals surface area contributed by atoms with Gasteiger partial charge in [0.05, 0.1) is 0 Å². The molecule has 0 aliphatic heterocycles. The van der Waals surface area contributed by atoms with E-state index in [-0.39, 0.29) is 11.7 Å². The predicted molar refractivity (Wildman–Crippen MR) is 115 cm³/mol. The van der Waals surface area contributed by atoms with Crippen molar-refractivity contribution in [2.24, 2.45) is 0 Å². The zero-order valence-electron chi connectivity index (χ0n) is 16.4. The standard InChI is InChI=1S/C24H26N2O2/c1-26(2)16-6-9-20-17-21(12-15-23(20)27)24(28)25-22-13-10-19(11-14-22)18-7-4-3-5-8-18/h3-5,7-8,10-15,17,27H,6,9,16H2,1-2H3,(H,25,28). The van der Waals surface area contributed by atoms with E-state index in [4.69, 9.17) is 0 Å². The van der Waals surface area contributed by atoms with E-state index >= 15 is 0 Å². The summed E-state index contributed by atoms with van der Waals surface area (Å²) in [5.74, 6) is 0.0591. The summed E-state index contributed by atoms with van der Waals surface area (Å²) in [5.41, 5.74) is 4.33. The highest BCUT2D eigenvalue weighted by Crippen LogP contribution is 2.23. The van der Waals surface area contributed by atoms with E-state index in [0.717, 1.165) is 41.8 Å². The van der Waals surface area contributed by atoms with Gasteiger partial charge < -0.3 is 15.3 Å². The highest BCUT2D eigenvalue weighted by atomic mass is 16.3. The minimum absolute atomic E-state index is 0.179. The molecule has 4 nitrogen and oxygen atoms in total. The van der Waals surface area contributed by atoms with Crippen molar-refractivity contribution >= 4 is 11.6 Å². The molecule has 0 aliphatic rings. The van der Waals surface area contributed by atoms with Crippen LogP contribution in [0.5, 0.6) is 5.75 Å². The fourth-order valence-electron chi connectivity index (χ4n) is 3.09. The molecule has 0 saturated carbocycles. The lowest BCUT2D eigenvalue weighted by Crippen LogP contribution is -2.14. The zero-order valence-corrected chi connectivity index (χ0v) is 16.4. The van der Waals surface area contributed by atoms with Crippen molar-refractivity contribution in [1.29, 1.82) is 0 Å². The molecular formula is C24H26N2O2. The second kappa shape index (κ2) is 9.20. The summed E-state index contributed by atoms with van der Waals surface area (Å²) >= 11 is 0. The second-order valence-corrected chi connectivity index (χ2v) is 7.15. The Balaban J connectivity index is 1.67. The SMILES string of the molecule is CN(C)CCCc1cc(C(=O)Nc2ccc(-c3ccccc3)cc2)ccc1O. The van der Waals surface area contributed by atoms with E-state index in [1.807, 2.05) is 56.6 Å². The minimum atomic E-state index is -0.179. The van der Waals surface area contributed by atoms with Crippen LogP contribution in [0.15, 0.2) is 72.8 Å². The predicted octanol–water partition coefficient (Wildman–Crippen LogP) is 4.81. The monoisotopic (exact) mass is 374 g/mol. The van der Waals surface area contributed by atoms with Gasteiger partial charge in [-0.05, 0) is 80.5 Å². The highest BCUT2D eigenvalue weighted by molar-refractivity contribution is 6.04. The van der Waals surface area contributed by atoms with E-state index in [0.29, 0.717) is 5.56 Å². The number of rotatable bonds is 7. The van der Waals surface area contributed by atoms with Gasteiger partial charge in [0.15, 0.2) is 0 Å². The van der Waals surface area contributed by atoms with E-state index in [1.165, 1.54) is 0 Å². The van der Waals surface area contributed by atoms with E-state index in [9.17, 15) is 9.90 Å². The van der Waals surface area contributed by atoms with Gasteiger partial charge in [0.2, 0.25) is 0 Å². The fourth-order valence-corrected chi connectivity index (χ4v) is 3.09. The number of hydrogen-bond acceptors (Lipinski definition) is 3. The highest BCUT2D eigenvalue weighted by Gasteiger charge is 2.10. The second-order valence-electron chi connectivity index (χ2n) is 7.15. The zero-order chi connectivity index (χ0) is 19.9. The Bertz CT molecular complexity index is 919. The lowest BCUT2D eigenvalue weighted by atomic mass is 10.0. The molecule has 28 heavy (non-hydrogen) atoms. The first-order chi connectivity index (χ1) is 13.5. The van der Waals surface area contributed by atoms with Crippen LogP contribution < -0.4 is 5.32 Å². The molecule has 144 valence electrons. The topological polar surface area (TPSA) is 52.6 Å². The van der Waals surface area contributed by atoms with E-state index in [1.54, 1.807) is 18.2 Å². The van der Waals surface area contributed by atoms with Crippen LogP contribution >= 0.6 is 0 Å². The fraction of sp³-hybridized carbons (Fsp3) is 0.208. The largest absolute Gasteiger partial charge is 0.508 e. The third-order valence-electron chi connectivity index (χ3n) is 4.64. The number of nitrogens with zero attached hydrogens (tertiary/aromatic N) is 1. The molecule has 0 fully saturated rings. The van der Waals surface area contributed by atoms with Gasteiger partial charge in [-0.3, -0.25) is 4.79 Å². The number of amides is 1. The van der Waals surface area contributed by atoms with Crippen LogP contribution in [0.4, 0.5) is 5.69 Å². The summed E-state index contributed by atoms with van der Waals surface area (Å²) in [5, 5.41) is 13.0. The first-order valence-corrected chi connectivity index (χ1v) is 9.46. The van der Waals surface area contributed by atoms with Gasteiger partial charge in [-0.1, -0.05) is 42.5 Å². The third kappa shape index (κ3) is 5.21. The number of carbonyl (C=O) groups is 1. The van der Waals surface area contributed by atoms with Gasteiger partial charge in [0.25, 0.3) is 5.91 Å².